The maximum atomic E-state index is 11.2. The van der Waals surface area contributed by atoms with Crippen LogP contribution in [0.15, 0.2) is 82.8 Å². The quantitative estimate of drug-likeness (QED) is 0.154. The number of hydrogen-bond donors (Lipinski definition) is 2. The SMILES string of the molecule is CC(C)(C)c1cc(C=Nc2ccc(C(C)(C)c3ccc(N=Cc4cc(C(C)(C)C)cc(C(C)(C)C)c4O)cc3)cc2)c(O)c(C(C)(C)C)c1.[Zn]. The van der Waals surface area contributed by atoms with Gasteiger partial charge in [-0.15, -0.1) is 0 Å². The largest absolute Gasteiger partial charge is 0.507 e. The third-order valence-corrected chi connectivity index (χ3v) is 9.51. The summed E-state index contributed by atoms with van der Waals surface area (Å²) in [5.41, 5.74) is 8.95. The Hall–Kier alpha value is -3.56. The van der Waals surface area contributed by atoms with Crippen molar-refractivity contribution in [3.05, 3.63) is 117 Å². The maximum absolute atomic E-state index is 11.2. The van der Waals surface area contributed by atoms with Crippen LogP contribution >= 0.6 is 0 Å². The van der Waals surface area contributed by atoms with Crippen LogP contribution < -0.4 is 0 Å². The minimum atomic E-state index is -0.244. The fourth-order valence-electron chi connectivity index (χ4n) is 5.90. The molecule has 0 aliphatic carbocycles. The average Bonchev–Trinajstić information content (AvgIpc) is 2.98. The summed E-state index contributed by atoms with van der Waals surface area (Å²) in [6.07, 6.45) is 3.56. The van der Waals surface area contributed by atoms with Gasteiger partial charge in [0.25, 0.3) is 0 Å². The molecule has 0 aromatic heterocycles. The zero-order valence-corrected chi connectivity index (χ0v) is 36.0. The van der Waals surface area contributed by atoms with Gasteiger partial charge in [0.2, 0.25) is 0 Å². The number of phenolic OH excluding ortho intramolecular Hbond substituents is 2. The summed E-state index contributed by atoms with van der Waals surface area (Å²) in [6.45, 7) is 30.3. The second-order valence-electron chi connectivity index (χ2n) is 18.2. The number of phenols is 2. The first-order valence-corrected chi connectivity index (χ1v) is 17.4. The number of hydrogen-bond acceptors (Lipinski definition) is 4. The molecule has 4 aromatic carbocycles. The Labute approximate surface area is 315 Å². The molecule has 4 nitrogen and oxygen atoms in total. The van der Waals surface area contributed by atoms with E-state index < -0.39 is 0 Å². The molecule has 0 unspecified atom stereocenters. The third-order valence-electron chi connectivity index (χ3n) is 9.51. The van der Waals surface area contributed by atoms with E-state index in [1.54, 1.807) is 12.4 Å². The number of nitrogens with zero attached hydrogens (tertiary/aromatic N) is 2. The van der Waals surface area contributed by atoms with Crippen molar-refractivity contribution < 1.29 is 29.7 Å². The van der Waals surface area contributed by atoms with Gasteiger partial charge < -0.3 is 10.2 Å². The van der Waals surface area contributed by atoms with Crippen molar-refractivity contribution in [1.82, 2.24) is 0 Å². The van der Waals surface area contributed by atoms with Gasteiger partial charge in [-0.3, -0.25) is 9.98 Å². The monoisotopic (exact) mass is 722 g/mol. The van der Waals surface area contributed by atoms with E-state index >= 15 is 0 Å². The summed E-state index contributed by atoms with van der Waals surface area (Å²) < 4.78 is 0. The van der Waals surface area contributed by atoms with Crippen molar-refractivity contribution >= 4 is 23.8 Å². The molecule has 0 bridgehead atoms. The van der Waals surface area contributed by atoms with E-state index in [0.717, 1.165) is 33.6 Å². The van der Waals surface area contributed by atoms with Crippen LogP contribution in [0.4, 0.5) is 11.4 Å². The first kappa shape index (κ1) is 40.9. The Morgan fingerprint density at radius 1 is 0.420 bits per heavy atom. The third kappa shape index (κ3) is 9.40. The normalized spacial score (nSPS) is 13.2. The van der Waals surface area contributed by atoms with Crippen molar-refractivity contribution in [2.75, 3.05) is 0 Å². The molecule has 4 rings (SSSR count). The zero-order valence-electron chi connectivity index (χ0n) is 33.1. The Bertz CT molecular complexity index is 1720. The predicted octanol–water partition coefficient (Wildman–Crippen LogP) is 12.1. The molecular weight excluding hydrogens is 666 g/mol. The van der Waals surface area contributed by atoms with E-state index in [-0.39, 0.29) is 46.6 Å². The fourth-order valence-corrected chi connectivity index (χ4v) is 5.90. The molecule has 0 aliphatic heterocycles. The van der Waals surface area contributed by atoms with Crippen LogP contribution in [0, 0.1) is 0 Å². The maximum Gasteiger partial charge on any atom is 0.128 e. The first-order chi connectivity index (χ1) is 22.4. The zero-order chi connectivity index (χ0) is 36.7. The molecule has 0 fully saturated rings. The molecule has 0 atom stereocenters. The predicted molar refractivity (Wildman–Crippen MR) is 211 cm³/mol. The van der Waals surface area contributed by atoms with E-state index in [0.29, 0.717) is 11.5 Å². The van der Waals surface area contributed by atoms with E-state index in [1.165, 1.54) is 22.3 Å². The van der Waals surface area contributed by atoms with Crippen LogP contribution in [0.1, 0.15) is 141 Å². The minimum Gasteiger partial charge on any atom is -0.507 e. The molecule has 4 aromatic rings. The van der Waals surface area contributed by atoms with E-state index in [1.807, 2.05) is 36.4 Å². The number of benzene rings is 4. The molecule has 2 N–H and O–H groups in total. The van der Waals surface area contributed by atoms with Crippen LogP contribution in [0.25, 0.3) is 0 Å². The van der Waals surface area contributed by atoms with Gasteiger partial charge in [-0.25, -0.2) is 0 Å². The number of aromatic hydroxyl groups is 2. The Morgan fingerprint density at radius 3 is 0.980 bits per heavy atom. The average molecular weight is 724 g/mol. The fraction of sp³-hybridized carbons (Fsp3) is 0.422. The minimum absolute atomic E-state index is 0. The van der Waals surface area contributed by atoms with Gasteiger partial charge in [0.15, 0.2) is 0 Å². The van der Waals surface area contributed by atoms with Crippen LogP contribution in [-0.4, -0.2) is 22.6 Å². The van der Waals surface area contributed by atoms with Crippen LogP contribution in [0.5, 0.6) is 11.5 Å². The number of rotatable bonds is 6. The summed E-state index contributed by atoms with van der Waals surface area (Å²) in [5, 5.41) is 22.3. The Morgan fingerprint density at radius 2 is 0.720 bits per heavy atom. The molecule has 0 aliphatic rings. The summed E-state index contributed by atoms with van der Waals surface area (Å²) in [6, 6.07) is 25.0. The summed E-state index contributed by atoms with van der Waals surface area (Å²) in [7, 11) is 0. The second kappa shape index (κ2) is 14.6. The van der Waals surface area contributed by atoms with Gasteiger partial charge in [-0.05, 0) is 80.3 Å². The summed E-state index contributed by atoms with van der Waals surface area (Å²) in [5.74, 6) is 0.583. The molecule has 50 heavy (non-hydrogen) atoms. The molecule has 0 heterocycles. The van der Waals surface area contributed by atoms with Gasteiger partial charge in [0.05, 0.1) is 11.4 Å². The first-order valence-electron chi connectivity index (χ1n) is 17.4. The van der Waals surface area contributed by atoms with Crippen molar-refractivity contribution in [3.63, 3.8) is 0 Å². The van der Waals surface area contributed by atoms with Crippen molar-refractivity contribution in [1.29, 1.82) is 0 Å². The van der Waals surface area contributed by atoms with Gasteiger partial charge in [0, 0.05) is 59.6 Å². The molecule has 0 spiro atoms. The van der Waals surface area contributed by atoms with E-state index in [4.69, 9.17) is 9.98 Å². The van der Waals surface area contributed by atoms with Crippen molar-refractivity contribution in [2.24, 2.45) is 9.98 Å². The van der Waals surface area contributed by atoms with Crippen molar-refractivity contribution in [3.8, 4) is 11.5 Å². The van der Waals surface area contributed by atoms with Crippen LogP contribution in [0.2, 0.25) is 0 Å². The topological polar surface area (TPSA) is 65.2 Å². The van der Waals surface area contributed by atoms with Gasteiger partial charge in [-0.1, -0.05) is 133 Å². The molecule has 0 amide bonds. The molecule has 262 valence electrons. The molecule has 0 radical (unpaired) electrons. The molecule has 0 saturated heterocycles. The Kier molecular flexibility index (Phi) is 11.9. The summed E-state index contributed by atoms with van der Waals surface area (Å²) >= 11 is 0. The van der Waals surface area contributed by atoms with Gasteiger partial charge >= 0.3 is 0 Å². The number of aliphatic imine (C=N–C) groups is 2. The smallest absolute Gasteiger partial charge is 0.128 e. The van der Waals surface area contributed by atoms with Crippen LogP contribution in [0.3, 0.4) is 0 Å². The van der Waals surface area contributed by atoms with Gasteiger partial charge in [0.1, 0.15) is 11.5 Å². The standard InChI is InChI=1S/C45H58N2O2.Zn/c1-41(2,3)33-23-29(39(48)37(25-33)43(7,8)9)27-46-35-19-15-31(16-20-35)45(13,14)32-17-21-36(22-18-32)47-28-30-24-34(42(4,5)6)26-38(40(30)49)44(10,11)12;/h15-28,48-49H,1-14H3;. The summed E-state index contributed by atoms with van der Waals surface area (Å²) in [4.78, 5) is 9.52. The van der Waals surface area contributed by atoms with Crippen LogP contribution in [-0.2, 0) is 46.6 Å². The van der Waals surface area contributed by atoms with Crippen molar-refractivity contribution in [2.45, 2.75) is 124 Å². The second-order valence-corrected chi connectivity index (χ2v) is 18.2. The molecular formula is C45H58N2O2Zn. The van der Waals surface area contributed by atoms with E-state index in [9.17, 15) is 10.2 Å². The molecule has 0 saturated carbocycles. The van der Waals surface area contributed by atoms with Gasteiger partial charge in [-0.2, -0.15) is 0 Å². The molecule has 5 heteroatoms. The van der Waals surface area contributed by atoms with E-state index in [2.05, 4.69) is 133 Å². The Balaban J connectivity index is 0.00000676.